The summed E-state index contributed by atoms with van der Waals surface area (Å²) < 4.78 is 10.7. The fourth-order valence-electron chi connectivity index (χ4n) is 3.11. The van der Waals surface area contributed by atoms with E-state index in [1.165, 1.54) is 4.90 Å². The molecule has 1 aromatic carbocycles. The predicted octanol–water partition coefficient (Wildman–Crippen LogP) is 2.36. The lowest BCUT2D eigenvalue weighted by atomic mass is 9.77. The molecule has 0 saturated carbocycles. The fraction of sp³-hybridized carbons (Fsp3) is 0.579. The van der Waals surface area contributed by atoms with Crippen LogP contribution in [0.4, 0.5) is 4.79 Å². The van der Waals surface area contributed by atoms with Gasteiger partial charge in [0.25, 0.3) is 0 Å². The van der Waals surface area contributed by atoms with Gasteiger partial charge in [0.2, 0.25) is 0 Å². The second-order valence-corrected chi connectivity index (χ2v) is 7.51. The molecular weight excluding hydrogens is 320 g/mol. The van der Waals surface area contributed by atoms with E-state index in [0.717, 1.165) is 5.56 Å². The van der Waals surface area contributed by atoms with Crippen molar-refractivity contribution in [1.29, 1.82) is 0 Å². The standard InChI is InChI=1S/C19H28N2O4/c1-5-24-16(22)19(11-14-9-7-6-8-10-14)13-21(12-15(19)20)17(23)25-18(2,3)4/h6-10,15H,5,11-13,20H2,1-4H3. The number of nitrogens with two attached hydrogens (primary N) is 1. The van der Waals surface area contributed by atoms with Crippen molar-refractivity contribution in [2.24, 2.45) is 11.1 Å². The number of rotatable bonds is 4. The first-order chi connectivity index (χ1) is 11.7. The molecule has 0 aromatic heterocycles. The van der Waals surface area contributed by atoms with E-state index in [2.05, 4.69) is 0 Å². The smallest absolute Gasteiger partial charge is 0.410 e. The molecule has 2 rings (SSSR count). The number of esters is 1. The van der Waals surface area contributed by atoms with Crippen molar-refractivity contribution in [2.45, 2.75) is 45.8 Å². The molecule has 0 aliphatic carbocycles. The molecule has 6 nitrogen and oxygen atoms in total. The predicted molar refractivity (Wildman–Crippen MR) is 95.0 cm³/mol. The highest BCUT2D eigenvalue weighted by Gasteiger charge is 2.53. The number of likely N-dealkylation sites (tertiary alicyclic amines) is 1. The van der Waals surface area contributed by atoms with Gasteiger partial charge in [-0.1, -0.05) is 30.3 Å². The zero-order valence-corrected chi connectivity index (χ0v) is 15.5. The van der Waals surface area contributed by atoms with E-state index in [-0.39, 0.29) is 25.7 Å². The number of amides is 1. The molecule has 0 bridgehead atoms. The lowest BCUT2D eigenvalue weighted by molar-refractivity contribution is -0.155. The maximum Gasteiger partial charge on any atom is 0.410 e. The van der Waals surface area contributed by atoms with E-state index < -0.39 is 23.2 Å². The Morgan fingerprint density at radius 1 is 1.28 bits per heavy atom. The van der Waals surface area contributed by atoms with Crippen LogP contribution in [0.15, 0.2) is 30.3 Å². The van der Waals surface area contributed by atoms with Crippen molar-refractivity contribution in [2.75, 3.05) is 19.7 Å². The molecular formula is C19H28N2O4. The van der Waals surface area contributed by atoms with Crippen LogP contribution < -0.4 is 5.73 Å². The van der Waals surface area contributed by atoms with Crippen molar-refractivity contribution < 1.29 is 19.1 Å². The normalized spacial score (nSPS) is 23.4. The Balaban J connectivity index is 2.26. The van der Waals surface area contributed by atoms with Gasteiger partial charge in [-0.25, -0.2) is 4.79 Å². The Labute approximate surface area is 149 Å². The molecule has 1 heterocycles. The second-order valence-electron chi connectivity index (χ2n) is 7.51. The van der Waals surface area contributed by atoms with Crippen LogP contribution in [0.3, 0.4) is 0 Å². The summed E-state index contributed by atoms with van der Waals surface area (Å²) in [6.45, 7) is 7.92. The van der Waals surface area contributed by atoms with Crippen molar-refractivity contribution in [3.8, 4) is 0 Å². The van der Waals surface area contributed by atoms with Crippen LogP contribution in [0.25, 0.3) is 0 Å². The summed E-state index contributed by atoms with van der Waals surface area (Å²) in [6, 6.07) is 9.13. The molecule has 138 valence electrons. The van der Waals surface area contributed by atoms with Gasteiger partial charge in [0.1, 0.15) is 11.0 Å². The first kappa shape index (κ1) is 19.2. The first-order valence-electron chi connectivity index (χ1n) is 8.62. The number of nitrogens with zero attached hydrogens (tertiary/aromatic N) is 1. The molecule has 0 spiro atoms. The second kappa shape index (κ2) is 7.44. The molecule has 2 unspecified atom stereocenters. The summed E-state index contributed by atoms with van der Waals surface area (Å²) in [7, 11) is 0. The highest BCUT2D eigenvalue weighted by molar-refractivity contribution is 5.81. The van der Waals surface area contributed by atoms with Gasteiger partial charge in [-0.2, -0.15) is 0 Å². The summed E-state index contributed by atoms with van der Waals surface area (Å²) >= 11 is 0. The Hall–Kier alpha value is -2.08. The maximum atomic E-state index is 12.8. The Morgan fingerprint density at radius 2 is 1.92 bits per heavy atom. The van der Waals surface area contributed by atoms with Crippen LogP contribution in [0.5, 0.6) is 0 Å². The monoisotopic (exact) mass is 348 g/mol. The quantitative estimate of drug-likeness (QED) is 0.845. The summed E-state index contributed by atoms with van der Waals surface area (Å²) in [4.78, 5) is 26.7. The lowest BCUT2D eigenvalue weighted by Crippen LogP contribution is -2.49. The average Bonchev–Trinajstić information content (AvgIpc) is 2.85. The minimum absolute atomic E-state index is 0.191. The zero-order valence-electron chi connectivity index (χ0n) is 15.5. The van der Waals surface area contributed by atoms with Crippen molar-refractivity contribution in [1.82, 2.24) is 4.90 Å². The third-order valence-electron chi connectivity index (χ3n) is 4.30. The molecule has 6 heteroatoms. The number of hydrogen-bond donors (Lipinski definition) is 1. The van der Waals surface area contributed by atoms with Gasteiger partial charge in [-0.3, -0.25) is 4.79 Å². The molecule has 1 amide bonds. The number of ether oxygens (including phenoxy) is 2. The van der Waals surface area contributed by atoms with Crippen LogP contribution in [0.1, 0.15) is 33.3 Å². The van der Waals surface area contributed by atoms with Gasteiger partial charge in [-0.05, 0) is 39.7 Å². The number of carbonyl (C=O) groups is 2. The molecule has 1 fully saturated rings. The summed E-state index contributed by atoms with van der Waals surface area (Å²) in [5.74, 6) is -0.364. The van der Waals surface area contributed by atoms with Gasteiger partial charge < -0.3 is 20.1 Å². The van der Waals surface area contributed by atoms with Crippen molar-refractivity contribution >= 4 is 12.1 Å². The largest absolute Gasteiger partial charge is 0.465 e. The van der Waals surface area contributed by atoms with E-state index in [4.69, 9.17) is 15.2 Å². The fourth-order valence-corrected chi connectivity index (χ4v) is 3.11. The number of carbonyl (C=O) groups excluding carboxylic acids is 2. The van der Waals surface area contributed by atoms with E-state index in [1.807, 2.05) is 51.1 Å². The molecule has 1 saturated heterocycles. The van der Waals surface area contributed by atoms with E-state index >= 15 is 0 Å². The molecule has 1 aliphatic rings. The lowest BCUT2D eigenvalue weighted by Gasteiger charge is -2.30. The summed E-state index contributed by atoms with van der Waals surface area (Å²) in [5, 5.41) is 0. The first-order valence-corrected chi connectivity index (χ1v) is 8.62. The SMILES string of the molecule is CCOC(=O)C1(Cc2ccccc2)CN(C(=O)OC(C)(C)C)CC1N. The number of hydrogen-bond acceptors (Lipinski definition) is 5. The highest BCUT2D eigenvalue weighted by atomic mass is 16.6. The Bertz CT molecular complexity index is 612. The third-order valence-corrected chi connectivity index (χ3v) is 4.30. The van der Waals surface area contributed by atoms with Gasteiger partial charge in [0.15, 0.2) is 0 Å². The van der Waals surface area contributed by atoms with Crippen molar-refractivity contribution in [3.05, 3.63) is 35.9 Å². The van der Waals surface area contributed by atoms with Crippen LogP contribution in [0.2, 0.25) is 0 Å². The molecule has 2 atom stereocenters. The van der Waals surface area contributed by atoms with Gasteiger partial charge in [-0.15, -0.1) is 0 Å². The van der Waals surface area contributed by atoms with Crippen LogP contribution >= 0.6 is 0 Å². The minimum Gasteiger partial charge on any atom is -0.465 e. The third kappa shape index (κ3) is 4.51. The Morgan fingerprint density at radius 3 is 2.48 bits per heavy atom. The number of benzene rings is 1. The van der Waals surface area contributed by atoms with Gasteiger partial charge in [0.05, 0.1) is 6.61 Å². The van der Waals surface area contributed by atoms with Crippen LogP contribution in [-0.2, 0) is 20.7 Å². The van der Waals surface area contributed by atoms with Gasteiger partial charge in [0, 0.05) is 19.1 Å². The topological polar surface area (TPSA) is 81.9 Å². The van der Waals surface area contributed by atoms with Gasteiger partial charge >= 0.3 is 12.1 Å². The minimum atomic E-state index is -0.964. The summed E-state index contributed by atoms with van der Waals surface area (Å²) in [6.07, 6.45) is -0.0326. The zero-order chi connectivity index (χ0) is 18.7. The Kier molecular flexibility index (Phi) is 5.72. The molecule has 1 aliphatic heterocycles. The van der Waals surface area contributed by atoms with E-state index in [9.17, 15) is 9.59 Å². The van der Waals surface area contributed by atoms with E-state index in [1.54, 1.807) is 6.92 Å². The van der Waals surface area contributed by atoms with Crippen LogP contribution in [0, 0.1) is 5.41 Å². The molecule has 2 N–H and O–H groups in total. The molecule has 25 heavy (non-hydrogen) atoms. The molecule has 1 aromatic rings. The van der Waals surface area contributed by atoms with E-state index in [0.29, 0.717) is 6.42 Å². The van der Waals surface area contributed by atoms with Crippen molar-refractivity contribution in [3.63, 3.8) is 0 Å². The average molecular weight is 348 g/mol. The molecule has 0 radical (unpaired) electrons. The maximum absolute atomic E-state index is 12.8. The van der Waals surface area contributed by atoms with Crippen LogP contribution in [-0.4, -0.2) is 48.3 Å². The summed E-state index contributed by atoms with van der Waals surface area (Å²) in [5.41, 5.74) is 5.75. The highest BCUT2D eigenvalue weighted by Crippen LogP contribution is 2.35.